The van der Waals surface area contributed by atoms with E-state index in [9.17, 15) is 8.42 Å². The van der Waals surface area contributed by atoms with Crippen molar-refractivity contribution in [3.63, 3.8) is 0 Å². The molecule has 1 aromatic heterocycles. The van der Waals surface area contributed by atoms with Crippen molar-refractivity contribution in [1.29, 1.82) is 0 Å². The maximum Gasteiger partial charge on any atom is 0.280 e. The molecular formula is C14H18BrN3O2S. The van der Waals surface area contributed by atoms with E-state index < -0.39 is 10.0 Å². The zero-order chi connectivity index (χ0) is 15.5. The molecule has 7 heteroatoms. The van der Waals surface area contributed by atoms with Crippen LogP contribution < -0.4 is 4.72 Å². The molecule has 0 atom stereocenters. The Kier molecular flexibility index (Phi) is 5.05. The van der Waals surface area contributed by atoms with Gasteiger partial charge < -0.3 is 4.57 Å². The average molecular weight is 372 g/mol. The van der Waals surface area contributed by atoms with Crippen LogP contribution in [0.2, 0.25) is 0 Å². The standard InChI is InChI=1S/C14H18BrN3O2S/c1-11-16-14(10-18(11)2)21(19,20)17-13-7-3-5-12(9-13)6-4-8-15/h3,5,7,9-10,17H,4,6,8H2,1-2H3. The normalized spacial score (nSPS) is 11.6. The summed E-state index contributed by atoms with van der Waals surface area (Å²) in [5.41, 5.74) is 1.66. The van der Waals surface area contributed by atoms with Crippen molar-refractivity contribution in [3.8, 4) is 0 Å². The van der Waals surface area contributed by atoms with Gasteiger partial charge in [0, 0.05) is 24.3 Å². The van der Waals surface area contributed by atoms with Crippen LogP contribution in [-0.2, 0) is 23.5 Å². The molecule has 1 heterocycles. The van der Waals surface area contributed by atoms with Crippen LogP contribution in [0.4, 0.5) is 5.69 Å². The first-order chi connectivity index (χ1) is 9.92. The fraction of sp³-hybridized carbons (Fsp3) is 0.357. The lowest BCUT2D eigenvalue weighted by molar-refractivity contribution is 0.598. The summed E-state index contributed by atoms with van der Waals surface area (Å²) >= 11 is 3.39. The van der Waals surface area contributed by atoms with E-state index in [4.69, 9.17) is 0 Å². The quantitative estimate of drug-likeness (QED) is 0.794. The van der Waals surface area contributed by atoms with E-state index in [1.165, 1.54) is 6.20 Å². The number of alkyl halides is 1. The van der Waals surface area contributed by atoms with Crippen molar-refractivity contribution in [2.24, 2.45) is 7.05 Å². The topological polar surface area (TPSA) is 64.0 Å². The van der Waals surface area contributed by atoms with Gasteiger partial charge in [-0.2, -0.15) is 8.42 Å². The Morgan fingerprint density at radius 1 is 1.38 bits per heavy atom. The minimum atomic E-state index is -3.64. The smallest absolute Gasteiger partial charge is 0.280 e. The van der Waals surface area contributed by atoms with Crippen molar-refractivity contribution in [2.45, 2.75) is 24.8 Å². The number of imidazole rings is 1. The highest BCUT2D eigenvalue weighted by atomic mass is 79.9. The van der Waals surface area contributed by atoms with Crippen molar-refractivity contribution < 1.29 is 8.42 Å². The van der Waals surface area contributed by atoms with E-state index in [0.29, 0.717) is 11.5 Å². The van der Waals surface area contributed by atoms with Crippen LogP contribution in [0.15, 0.2) is 35.5 Å². The van der Waals surface area contributed by atoms with Crippen molar-refractivity contribution in [3.05, 3.63) is 41.9 Å². The van der Waals surface area contributed by atoms with E-state index in [-0.39, 0.29) is 5.03 Å². The molecule has 5 nitrogen and oxygen atoms in total. The Bertz CT molecular complexity index is 706. The minimum Gasteiger partial charge on any atom is -0.337 e. The maximum atomic E-state index is 12.3. The molecule has 21 heavy (non-hydrogen) atoms. The third-order valence-electron chi connectivity index (χ3n) is 3.14. The molecule has 0 bridgehead atoms. The lowest BCUT2D eigenvalue weighted by Gasteiger charge is -2.07. The Balaban J connectivity index is 2.20. The van der Waals surface area contributed by atoms with E-state index in [0.717, 1.165) is 23.7 Å². The highest BCUT2D eigenvalue weighted by molar-refractivity contribution is 9.09. The van der Waals surface area contributed by atoms with E-state index in [1.54, 1.807) is 24.6 Å². The van der Waals surface area contributed by atoms with Crippen LogP contribution in [0, 0.1) is 6.92 Å². The molecule has 1 aromatic carbocycles. The number of hydrogen-bond donors (Lipinski definition) is 1. The number of benzene rings is 1. The van der Waals surface area contributed by atoms with Crippen LogP contribution in [0.25, 0.3) is 0 Å². The first-order valence-corrected chi connectivity index (χ1v) is 9.20. The van der Waals surface area contributed by atoms with Gasteiger partial charge in [-0.15, -0.1) is 0 Å². The maximum absolute atomic E-state index is 12.3. The van der Waals surface area contributed by atoms with Crippen molar-refractivity contribution >= 4 is 31.6 Å². The Hall–Kier alpha value is -1.34. The number of nitrogens with zero attached hydrogens (tertiary/aromatic N) is 2. The number of anilines is 1. The van der Waals surface area contributed by atoms with Gasteiger partial charge in [0.25, 0.3) is 10.0 Å². The van der Waals surface area contributed by atoms with Crippen LogP contribution in [-0.4, -0.2) is 23.3 Å². The zero-order valence-electron chi connectivity index (χ0n) is 12.0. The molecule has 0 aliphatic heterocycles. The lowest BCUT2D eigenvalue weighted by atomic mass is 10.1. The number of aromatic nitrogens is 2. The summed E-state index contributed by atoms with van der Waals surface area (Å²) in [7, 11) is -1.88. The molecule has 0 fully saturated rings. The van der Waals surface area contributed by atoms with Crippen LogP contribution >= 0.6 is 15.9 Å². The number of sulfonamides is 1. The Labute approximate surface area is 133 Å². The molecule has 0 amide bonds. The number of aryl methyl sites for hydroxylation is 3. The van der Waals surface area contributed by atoms with Crippen LogP contribution in [0.1, 0.15) is 17.8 Å². The average Bonchev–Trinajstić information content (AvgIpc) is 2.77. The van der Waals surface area contributed by atoms with Gasteiger partial charge in [-0.1, -0.05) is 28.1 Å². The highest BCUT2D eigenvalue weighted by Crippen LogP contribution is 2.17. The summed E-state index contributed by atoms with van der Waals surface area (Å²) in [6.07, 6.45) is 3.42. The monoisotopic (exact) mass is 371 g/mol. The predicted molar refractivity (Wildman–Crippen MR) is 87.3 cm³/mol. The third-order valence-corrected chi connectivity index (χ3v) is 4.95. The summed E-state index contributed by atoms with van der Waals surface area (Å²) in [6, 6.07) is 7.44. The minimum absolute atomic E-state index is 0.0355. The second-order valence-corrected chi connectivity index (χ2v) is 7.26. The van der Waals surface area contributed by atoms with Crippen molar-refractivity contribution in [1.82, 2.24) is 9.55 Å². The third kappa shape index (κ3) is 4.07. The summed E-state index contributed by atoms with van der Waals surface area (Å²) < 4.78 is 28.9. The second-order valence-electron chi connectivity index (χ2n) is 4.84. The fourth-order valence-electron chi connectivity index (χ4n) is 1.92. The second kappa shape index (κ2) is 6.62. The van der Waals surface area contributed by atoms with Crippen LogP contribution in [0.5, 0.6) is 0 Å². The summed E-state index contributed by atoms with van der Waals surface area (Å²) in [5, 5.41) is 0.962. The highest BCUT2D eigenvalue weighted by Gasteiger charge is 2.18. The molecule has 114 valence electrons. The molecule has 0 unspecified atom stereocenters. The molecule has 1 N–H and O–H groups in total. The SMILES string of the molecule is Cc1nc(S(=O)(=O)Nc2cccc(CCCBr)c2)cn1C. The molecule has 0 saturated carbocycles. The van der Waals surface area contributed by atoms with Gasteiger partial charge in [-0.25, -0.2) is 4.98 Å². The Morgan fingerprint density at radius 3 is 2.76 bits per heavy atom. The van der Waals surface area contributed by atoms with Gasteiger partial charge in [0.05, 0.1) is 0 Å². The fourth-order valence-corrected chi connectivity index (χ4v) is 3.30. The summed E-state index contributed by atoms with van der Waals surface area (Å²) in [4.78, 5) is 4.06. The molecule has 0 radical (unpaired) electrons. The molecular weight excluding hydrogens is 354 g/mol. The molecule has 2 rings (SSSR count). The zero-order valence-corrected chi connectivity index (χ0v) is 14.4. The first-order valence-electron chi connectivity index (χ1n) is 6.60. The largest absolute Gasteiger partial charge is 0.337 e. The molecule has 0 aliphatic rings. The number of nitrogens with one attached hydrogen (secondary N) is 1. The first kappa shape index (κ1) is 16.0. The van der Waals surface area contributed by atoms with Gasteiger partial charge in [0.1, 0.15) is 5.82 Å². The van der Waals surface area contributed by atoms with Gasteiger partial charge in [0.2, 0.25) is 0 Å². The van der Waals surface area contributed by atoms with E-state index in [2.05, 4.69) is 25.6 Å². The molecule has 0 aliphatic carbocycles. The Morgan fingerprint density at radius 2 is 2.14 bits per heavy atom. The summed E-state index contributed by atoms with van der Waals surface area (Å²) in [5.74, 6) is 0.654. The van der Waals surface area contributed by atoms with Gasteiger partial charge in [-0.3, -0.25) is 4.72 Å². The van der Waals surface area contributed by atoms with Crippen LogP contribution in [0.3, 0.4) is 0 Å². The lowest BCUT2D eigenvalue weighted by Crippen LogP contribution is -2.13. The number of halogens is 1. The molecule has 0 spiro atoms. The van der Waals surface area contributed by atoms with E-state index in [1.807, 2.05) is 18.2 Å². The number of rotatable bonds is 6. The predicted octanol–water partition coefficient (Wildman–Crippen LogP) is 2.86. The van der Waals surface area contributed by atoms with Gasteiger partial charge in [-0.05, 0) is 37.5 Å². The number of hydrogen-bond acceptors (Lipinski definition) is 3. The van der Waals surface area contributed by atoms with Crippen molar-refractivity contribution in [2.75, 3.05) is 10.1 Å². The molecule has 0 saturated heterocycles. The van der Waals surface area contributed by atoms with Gasteiger partial charge in [0.15, 0.2) is 5.03 Å². The van der Waals surface area contributed by atoms with Gasteiger partial charge >= 0.3 is 0 Å². The van der Waals surface area contributed by atoms with E-state index >= 15 is 0 Å². The summed E-state index contributed by atoms with van der Waals surface area (Å²) in [6.45, 7) is 1.76. The molecule has 2 aromatic rings.